The molecule has 5 heavy (non-hydrogen) atoms. The normalized spacial score (nSPS) is 15.2. The molecule has 0 saturated heterocycles. The van der Waals surface area contributed by atoms with Crippen LogP contribution in [0.25, 0.3) is 0 Å². The van der Waals surface area contributed by atoms with E-state index in [-0.39, 0.29) is 0 Å². The Morgan fingerprint density at radius 1 is 1.60 bits per heavy atom. The maximum atomic E-state index is 8.38. The lowest BCUT2D eigenvalue weighted by Crippen LogP contribution is -2.02. The molecule has 0 heterocycles. The van der Waals surface area contributed by atoms with Crippen LogP contribution in [0.4, 0.5) is 0 Å². The summed E-state index contributed by atoms with van der Waals surface area (Å²) in [5.41, 5.74) is 0. The molecule has 0 aromatic rings. The SMILES string of the molecule is CS(C)(N)O. The lowest BCUT2D eigenvalue weighted by atomic mass is 11.9. The quantitative estimate of drug-likeness (QED) is 0.457. The predicted octanol–water partition coefficient (Wildman–Crippen LogP) is 0.397. The molecule has 2 nitrogen and oxygen atoms in total. The van der Waals surface area contributed by atoms with E-state index in [0.717, 1.165) is 0 Å². The number of hydrogen-bond acceptors (Lipinski definition) is 2. The molecular formula is C2H9NOS. The molecule has 34 valence electrons. The van der Waals surface area contributed by atoms with Crippen molar-refractivity contribution in [2.24, 2.45) is 5.14 Å². The lowest BCUT2D eigenvalue weighted by Gasteiger charge is -2.13. The van der Waals surface area contributed by atoms with Crippen LogP contribution >= 0.6 is 10.5 Å². The van der Waals surface area contributed by atoms with Gasteiger partial charge in [0.2, 0.25) is 0 Å². The smallest absolute Gasteiger partial charge is 0.000745 e. The first-order valence-electron chi connectivity index (χ1n) is 1.23. The van der Waals surface area contributed by atoms with Gasteiger partial charge in [-0.3, -0.25) is 5.14 Å². The minimum Gasteiger partial charge on any atom is -0.339 e. The average molecular weight is 95.2 g/mol. The van der Waals surface area contributed by atoms with Gasteiger partial charge in [0, 0.05) is 0 Å². The molecule has 0 amide bonds. The molecule has 0 aliphatic heterocycles. The van der Waals surface area contributed by atoms with E-state index < -0.39 is 10.5 Å². The van der Waals surface area contributed by atoms with Gasteiger partial charge >= 0.3 is 0 Å². The highest BCUT2D eigenvalue weighted by Crippen LogP contribution is 2.20. The molecule has 0 unspecified atom stereocenters. The highest BCUT2D eigenvalue weighted by Gasteiger charge is 1.88. The molecule has 3 N–H and O–H groups in total. The standard InChI is InChI=1S/C2H9NOS/c1-5(2,3)4/h4H,3H2,1-2H3. The van der Waals surface area contributed by atoms with Crippen LogP contribution < -0.4 is 5.14 Å². The molecular weight excluding hydrogens is 86.1 g/mol. The van der Waals surface area contributed by atoms with Gasteiger partial charge in [-0.25, -0.2) is 0 Å². The number of hydrogen-bond donors (Lipinski definition) is 2. The van der Waals surface area contributed by atoms with Crippen molar-refractivity contribution in [3.8, 4) is 0 Å². The molecule has 0 aromatic carbocycles. The summed E-state index contributed by atoms with van der Waals surface area (Å²) >= 11 is 0. The fourth-order valence-corrected chi connectivity index (χ4v) is 0. The molecule has 0 aromatic heterocycles. The number of nitrogens with two attached hydrogens (primary N) is 1. The van der Waals surface area contributed by atoms with E-state index in [9.17, 15) is 0 Å². The van der Waals surface area contributed by atoms with Gasteiger partial charge in [0.1, 0.15) is 0 Å². The minimum atomic E-state index is -1.67. The Balaban J connectivity index is 3.02. The summed E-state index contributed by atoms with van der Waals surface area (Å²) in [6.45, 7) is 0. The molecule has 0 saturated carbocycles. The van der Waals surface area contributed by atoms with E-state index in [2.05, 4.69) is 0 Å². The van der Waals surface area contributed by atoms with Gasteiger partial charge < -0.3 is 4.55 Å². The minimum absolute atomic E-state index is 1.60. The predicted molar refractivity (Wildman–Crippen MR) is 26.3 cm³/mol. The average Bonchev–Trinajstić information content (AvgIpc) is 0.722. The van der Waals surface area contributed by atoms with Crippen LogP contribution in [0.3, 0.4) is 0 Å². The van der Waals surface area contributed by atoms with Crippen LogP contribution in [-0.4, -0.2) is 17.1 Å². The third-order valence-corrected chi connectivity index (χ3v) is 0. The van der Waals surface area contributed by atoms with Crippen LogP contribution in [0.1, 0.15) is 0 Å². The Morgan fingerprint density at radius 2 is 1.60 bits per heavy atom. The van der Waals surface area contributed by atoms with Gasteiger partial charge in [-0.05, 0) is 12.5 Å². The summed E-state index contributed by atoms with van der Waals surface area (Å²) < 4.78 is 8.38. The molecule has 0 aliphatic carbocycles. The van der Waals surface area contributed by atoms with Crippen LogP contribution in [0.2, 0.25) is 0 Å². The second-order valence-corrected chi connectivity index (χ2v) is 4.05. The van der Waals surface area contributed by atoms with Crippen LogP contribution in [-0.2, 0) is 0 Å². The topological polar surface area (TPSA) is 46.2 Å². The zero-order valence-electron chi connectivity index (χ0n) is 3.43. The molecule has 0 spiro atoms. The molecule has 0 bridgehead atoms. The first-order chi connectivity index (χ1) is 2.00. The highest BCUT2D eigenvalue weighted by atomic mass is 32.3. The van der Waals surface area contributed by atoms with E-state index in [4.69, 9.17) is 9.69 Å². The van der Waals surface area contributed by atoms with Gasteiger partial charge in [-0.15, -0.1) is 0 Å². The van der Waals surface area contributed by atoms with Crippen molar-refractivity contribution >= 4 is 10.5 Å². The molecule has 0 radical (unpaired) electrons. The summed E-state index contributed by atoms with van der Waals surface area (Å²) in [4.78, 5) is 0. The third-order valence-electron chi connectivity index (χ3n) is 0. The Labute approximate surface area is 33.6 Å². The first-order valence-corrected chi connectivity index (χ1v) is 3.70. The van der Waals surface area contributed by atoms with E-state index in [1.54, 1.807) is 12.5 Å². The third kappa shape index (κ3) is 302. The van der Waals surface area contributed by atoms with Crippen LogP contribution in [0.5, 0.6) is 0 Å². The Kier molecular flexibility index (Phi) is 1.22. The van der Waals surface area contributed by atoms with Gasteiger partial charge in [0.25, 0.3) is 0 Å². The van der Waals surface area contributed by atoms with Crippen molar-refractivity contribution in [3.05, 3.63) is 0 Å². The van der Waals surface area contributed by atoms with Crippen molar-refractivity contribution in [2.75, 3.05) is 12.5 Å². The second kappa shape index (κ2) is 1.16. The van der Waals surface area contributed by atoms with Crippen LogP contribution in [0.15, 0.2) is 0 Å². The summed E-state index contributed by atoms with van der Waals surface area (Å²) in [5.74, 6) is 0. The van der Waals surface area contributed by atoms with E-state index in [1.165, 1.54) is 0 Å². The van der Waals surface area contributed by atoms with E-state index in [0.29, 0.717) is 0 Å². The molecule has 0 aliphatic rings. The van der Waals surface area contributed by atoms with Crippen molar-refractivity contribution in [2.45, 2.75) is 0 Å². The Morgan fingerprint density at radius 3 is 1.60 bits per heavy atom. The monoisotopic (exact) mass is 95.0 g/mol. The molecule has 0 rings (SSSR count). The largest absolute Gasteiger partial charge is 0.339 e. The summed E-state index contributed by atoms with van der Waals surface area (Å²) in [6.07, 6.45) is 3.21. The summed E-state index contributed by atoms with van der Waals surface area (Å²) in [6, 6.07) is 0. The Bertz CT molecular complexity index is 25.1. The van der Waals surface area contributed by atoms with Gasteiger partial charge in [-0.2, -0.15) is 0 Å². The first kappa shape index (κ1) is 5.27. The van der Waals surface area contributed by atoms with Gasteiger partial charge in [0.15, 0.2) is 0 Å². The van der Waals surface area contributed by atoms with Crippen LogP contribution in [0, 0.1) is 0 Å². The van der Waals surface area contributed by atoms with Gasteiger partial charge in [0.05, 0.1) is 0 Å². The fraction of sp³-hybridized carbons (Fsp3) is 1.00. The zero-order valence-corrected chi connectivity index (χ0v) is 4.25. The number of rotatable bonds is 0. The van der Waals surface area contributed by atoms with Crippen molar-refractivity contribution in [1.82, 2.24) is 0 Å². The maximum absolute atomic E-state index is 8.38. The molecule has 3 heteroatoms. The lowest BCUT2D eigenvalue weighted by molar-refractivity contribution is 0.639. The van der Waals surface area contributed by atoms with Crippen molar-refractivity contribution < 1.29 is 4.55 Å². The second-order valence-electron chi connectivity index (χ2n) is 1.35. The maximum Gasteiger partial charge on any atom is -0.000745 e. The van der Waals surface area contributed by atoms with E-state index >= 15 is 0 Å². The van der Waals surface area contributed by atoms with E-state index in [1.807, 2.05) is 0 Å². The fourth-order valence-electron chi connectivity index (χ4n) is 0. The van der Waals surface area contributed by atoms with Gasteiger partial charge in [-0.1, -0.05) is 10.5 Å². The molecule has 0 fully saturated rings. The van der Waals surface area contributed by atoms with Crippen molar-refractivity contribution in [1.29, 1.82) is 0 Å². The summed E-state index contributed by atoms with van der Waals surface area (Å²) in [7, 11) is -1.67. The zero-order chi connectivity index (χ0) is 4.50. The summed E-state index contributed by atoms with van der Waals surface area (Å²) in [5, 5.41) is 4.99. The molecule has 0 atom stereocenters. The Hall–Kier alpha value is 0.270. The van der Waals surface area contributed by atoms with Crippen molar-refractivity contribution in [3.63, 3.8) is 0 Å². The highest BCUT2D eigenvalue weighted by molar-refractivity contribution is 8.26.